The molecule has 0 saturated heterocycles. The van der Waals surface area contributed by atoms with E-state index in [1.807, 2.05) is 39.0 Å². The molecule has 0 fully saturated rings. The van der Waals surface area contributed by atoms with Crippen LogP contribution >= 0.6 is 11.6 Å². The van der Waals surface area contributed by atoms with E-state index in [9.17, 15) is 14.0 Å². The number of hydrogen-bond acceptors (Lipinski definition) is 5. The second-order valence-corrected chi connectivity index (χ2v) is 8.61. The van der Waals surface area contributed by atoms with Crippen LogP contribution in [-0.4, -0.2) is 27.3 Å². The third-order valence-electron chi connectivity index (χ3n) is 4.12. The predicted molar refractivity (Wildman–Crippen MR) is 122 cm³/mol. The highest BCUT2D eigenvalue weighted by Gasteiger charge is 2.16. The summed E-state index contributed by atoms with van der Waals surface area (Å²) in [4.78, 5) is 24.0. The van der Waals surface area contributed by atoms with Gasteiger partial charge in [0.25, 0.3) is 0 Å². The molecule has 0 unspecified atom stereocenters. The molecule has 2 N–H and O–H groups in total. The largest absolute Gasteiger partial charge is 0.444 e. The molecule has 174 valence electrons. The van der Waals surface area contributed by atoms with Crippen molar-refractivity contribution in [2.75, 3.05) is 5.32 Å². The van der Waals surface area contributed by atoms with Crippen molar-refractivity contribution in [3.8, 4) is 11.6 Å². The van der Waals surface area contributed by atoms with E-state index >= 15 is 0 Å². The number of benzene rings is 2. The zero-order valence-electron chi connectivity index (χ0n) is 18.4. The van der Waals surface area contributed by atoms with Crippen molar-refractivity contribution < 1.29 is 23.5 Å². The van der Waals surface area contributed by atoms with Gasteiger partial charge in [0.2, 0.25) is 11.8 Å². The van der Waals surface area contributed by atoms with E-state index in [1.165, 1.54) is 16.8 Å². The van der Waals surface area contributed by atoms with Crippen LogP contribution in [0.4, 0.5) is 14.9 Å². The highest BCUT2D eigenvalue weighted by Crippen LogP contribution is 2.33. The van der Waals surface area contributed by atoms with Gasteiger partial charge in [0.15, 0.2) is 11.6 Å². The number of hydrogen-bond donors (Lipinski definition) is 2. The van der Waals surface area contributed by atoms with Gasteiger partial charge in [0, 0.05) is 23.9 Å². The first-order valence-corrected chi connectivity index (χ1v) is 10.5. The molecule has 1 aromatic heterocycles. The highest BCUT2D eigenvalue weighted by molar-refractivity contribution is 6.32. The van der Waals surface area contributed by atoms with Crippen molar-refractivity contribution >= 4 is 29.3 Å². The van der Waals surface area contributed by atoms with Crippen LogP contribution < -0.4 is 15.4 Å². The Morgan fingerprint density at radius 1 is 1.15 bits per heavy atom. The maximum atomic E-state index is 14.5. The fourth-order valence-electron chi connectivity index (χ4n) is 2.77. The normalized spacial score (nSPS) is 11.1. The molecule has 3 rings (SSSR count). The molecule has 3 aromatic rings. The Kier molecular flexibility index (Phi) is 7.55. The Hall–Kier alpha value is -3.59. The summed E-state index contributed by atoms with van der Waals surface area (Å²) in [5.41, 5.74) is 0.276. The lowest BCUT2D eigenvalue weighted by Crippen LogP contribution is -2.42. The molecule has 0 spiro atoms. The number of ether oxygens (including phenoxy) is 2. The topological polar surface area (TPSA) is 94.5 Å². The summed E-state index contributed by atoms with van der Waals surface area (Å²) in [5.74, 6) is -0.851. The third kappa shape index (κ3) is 7.50. The number of nitrogens with one attached hydrogen (secondary N) is 2. The van der Waals surface area contributed by atoms with Gasteiger partial charge in [-0.1, -0.05) is 41.9 Å². The molecule has 1 heterocycles. The van der Waals surface area contributed by atoms with E-state index in [4.69, 9.17) is 21.1 Å². The molecule has 2 aromatic carbocycles. The minimum Gasteiger partial charge on any atom is -0.444 e. The second-order valence-electron chi connectivity index (χ2n) is 8.20. The van der Waals surface area contributed by atoms with Crippen LogP contribution in [0, 0.1) is 5.82 Å². The molecule has 0 radical (unpaired) electrons. The van der Waals surface area contributed by atoms with Gasteiger partial charge < -0.3 is 14.8 Å². The average Bonchev–Trinajstić information content (AvgIpc) is 3.16. The van der Waals surface area contributed by atoms with Gasteiger partial charge in [0.1, 0.15) is 13.2 Å². The Bertz CT molecular complexity index is 1130. The minimum atomic E-state index is -0.824. The molecule has 10 heteroatoms. The first-order valence-electron chi connectivity index (χ1n) is 10.1. The van der Waals surface area contributed by atoms with Crippen molar-refractivity contribution in [2.24, 2.45) is 0 Å². The van der Waals surface area contributed by atoms with Crippen LogP contribution in [-0.2, 0) is 22.7 Å². The van der Waals surface area contributed by atoms with Crippen LogP contribution in [0.15, 0.2) is 54.7 Å². The molecule has 0 bridgehead atoms. The first-order chi connectivity index (χ1) is 15.6. The number of rotatable bonds is 7. The lowest BCUT2D eigenvalue weighted by atomic mass is 10.1. The van der Waals surface area contributed by atoms with E-state index in [-0.39, 0.29) is 46.9 Å². The number of anilines is 1. The molecule has 33 heavy (non-hydrogen) atoms. The van der Waals surface area contributed by atoms with Gasteiger partial charge in [-0.3, -0.25) is 14.8 Å². The molecule has 0 saturated carbocycles. The summed E-state index contributed by atoms with van der Waals surface area (Å²) in [5, 5.41) is 9.33. The fraction of sp³-hybridized carbons (Fsp3) is 0.261. The van der Waals surface area contributed by atoms with Gasteiger partial charge in [-0.15, -0.1) is 5.10 Å². The zero-order chi connectivity index (χ0) is 24.0. The minimum absolute atomic E-state index is 0.00163. The molecule has 0 aliphatic rings. The van der Waals surface area contributed by atoms with Crippen LogP contribution in [0.1, 0.15) is 26.3 Å². The van der Waals surface area contributed by atoms with E-state index in [2.05, 4.69) is 15.7 Å². The van der Waals surface area contributed by atoms with Gasteiger partial charge >= 0.3 is 6.09 Å². The summed E-state index contributed by atoms with van der Waals surface area (Å²) in [7, 11) is 0. The van der Waals surface area contributed by atoms with Crippen LogP contribution in [0.3, 0.4) is 0 Å². The quantitative estimate of drug-likeness (QED) is 0.495. The van der Waals surface area contributed by atoms with Gasteiger partial charge in [-0.05, 0) is 32.4 Å². The molecular weight excluding hydrogens is 451 g/mol. The lowest BCUT2D eigenvalue weighted by Gasteiger charge is -2.20. The molecule has 0 aliphatic heterocycles. The molecular formula is C23H24ClFN4O4. The first kappa shape index (κ1) is 24.1. The third-order valence-corrected chi connectivity index (χ3v) is 4.42. The van der Waals surface area contributed by atoms with Crippen molar-refractivity contribution in [1.82, 2.24) is 15.1 Å². The average molecular weight is 475 g/mol. The van der Waals surface area contributed by atoms with Crippen molar-refractivity contribution in [2.45, 2.75) is 39.5 Å². The maximum absolute atomic E-state index is 14.5. The second kappa shape index (κ2) is 10.4. The van der Waals surface area contributed by atoms with Crippen LogP contribution in [0.2, 0.25) is 5.02 Å². The number of carbonyl (C=O) groups is 2. The summed E-state index contributed by atoms with van der Waals surface area (Å²) in [6, 6.07) is 12.8. The Balaban J connectivity index is 1.59. The SMILES string of the molecule is CC(C)(C)NC(=O)Cn1ccc(Oc2cc(F)c(NC(=O)OCc3ccccc3)cc2Cl)n1. The predicted octanol–water partition coefficient (Wildman–Crippen LogP) is 5.13. The maximum Gasteiger partial charge on any atom is 0.412 e. The summed E-state index contributed by atoms with van der Waals surface area (Å²) in [6.45, 7) is 5.66. The Morgan fingerprint density at radius 3 is 2.58 bits per heavy atom. The van der Waals surface area contributed by atoms with Crippen molar-refractivity contribution in [1.29, 1.82) is 0 Å². The van der Waals surface area contributed by atoms with E-state index in [0.29, 0.717) is 0 Å². The van der Waals surface area contributed by atoms with E-state index < -0.39 is 11.9 Å². The molecule has 0 aliphatic carbocycles. The van der Waals surface area contributed by atoms with E-state index in [0.717, 1.165) is 11.6 Å². The smallest absolute Gasteiger partial charge is 0.412 e. The van der Waals surface area contributed by atoms with Crippen LogP contribution in [0.25, 0.3) is 0 Å². The summed E-state index contributed by atoms with van der Waals surface area (Å²) >= 11 is 6.19. The van der Waals surface area contributed by atoms with Crippen molar-refractivity contribution in [3.05, 3.63) is 71.1 Å². The Labute approximate surface area is 195 Å². The number of aromatic nitrogens is 2. The number of carbonyl (C=O) groups excluding carboxylic acids is 2. The number of nitrogens with zero attached hydrogens (tertiary/aromatic N) is 2. The Morgan fingerprint density at radius 2 is 1.88 bits per heavy atom. The molecule has 0 atom stereocenters. The fourth-order valence-corrected chi connectivity index (χ4v) is 2.98. The summed E-state index contributed by atoms with van der Waals surface area (Å²) < 4.78 is 26.5. The van der Waals surface area contributed by atoms with E-state index in [1.54, 1.807) is 18.3 Å². The van der Waals surface area contributed by atoms with Gasteiger partial charge in [-0.25, -0.2) is 9.18 Å². The highest BCUT2D eigenvalue weighted by atomic mass is 35.5. The monoisotopic (exact) mass is 474 g/mol. The molecule has 2 amide bonds. The number of amides is 2. The lowest BCUT2D eigenvalue weighted by molar-refractivity contribution is -0.123. The zero-order valence-corrected chi connectivity index (χ0v) is 19.1. The van der Waals surface area contributed by atoms with Crippen LogP contribution in [0.5, 0.6) is 11.6 Å². The molecule has 8 nitrogen and oxygen atoms in total. The summed E-state index contributed by atoms with van der Waals surface area (Å²) in [6.07, 6.45) is 0.732. The number of halogens is 2. The van der Waals surface area contributed by atoms with Gasteiger partial charge in [0.05, 0.1) is 10.7 Å². The van der Waals surface area contributed by atoms with Crippen molar-refractivity contribution in [3.63, 3.8) is 0 Å². The van der Waals surface area contributed by atoms with Gasteiger partial charge in [-0.2, -0.15) is 0 Å². The standard InChI is InChI=1S/C23H24ClFN4O4/c1-23(2,3)27-20(30)13-29-10-9-21(28-29)33-19-12-17(25)18(11-16(19)24)26-22(31)32-14-15-7-5-4-6-8-15/h4-12H,13-14H2,1-3H3,(H,26,31)(H,27,30).